The van der Waals surface area contributed by atoms with Gasteiger partial charge in [-0.05, 0) is 36.6 Å². The number of carbonyl (C=O) groups excluding carboxylic acids is 2. The summed E-state index contributed by atoms with van der Waals surface area (Å²) in [6, 6.07) is 4.53. The van der Waals surface area contributed by atoms with E-state index in [9.17, 15) is 14.0 Å². The van der Waals surface area contributed by atoms with Crippen molar-refractivity contribution in [1.29, 1.82) is 0 Å². The van der Waals surface area contributed by atoms with Crippen molar-refractivity contribution < 1.29 is 14.0 Å². The van der Waals surface area contributed by atoms with E-state index in [1.54, 1.807) is 4.68 Å². The fourth-order valence-corrected chi connectivity index (χ4v) is 2.68. The lowest BCUT2D eigenvalue weighted by atomic mass is 10.0. The van der Waals surface area contributed by atoms with Crippen LogP contribution in [0.15, 0.2) is 30.5 Å². The number of hydrogen-bond donors (Lipinski definition) is 2. The summed E-state index contributed by atoms with van der Waals surface area (Å²) in [5.41, 5.74) is 2.20. The second kappa shape index (κ2) is 8.60. The van der Waals surface area contributed by atoms with Gasteiger partial charge in [0.15, 0.2) is 0 Å². The highest BCUT2D eigenvalue weighted by Gasteiger charge is 2.24. The molecular formula is C19H25FN4O2. The number of hydrogen-bond acceptors (Lipinski definition) is 3. The van der Waals surface area contributed by atoms with Crippen LogP contribution in [0.3, 0.4) is 0 Å². The zero-order chi connectivity index (χ0) is 19.3. The van der Waals surface area contributed by atoms with E-state index in [4.69, 9.17) is 0 Å². The van der Waals surface area contributed by atoms with Gasteiger partial charge in [0, 0.05) is 30.9 Å². The predicted octanol–water partition coefficient (Wildman–Crippen LogP) is 2.19. The highest BCUT2D eigenvalue weighted by Crippen LogP contribution is 2.09. The van der Waals surface area contributed by atoms with Gasteiger partial charge in [-0.25, -0.2) is 4.39 Å². The maximum atomic E-state index is 13.0. The zero-order valence-corrected chi connectivity index (χ0v) is 15.5. The molecule has 2 aromatic rings. The topological polar surface area (TPSA) is 76.0 Å². The van der Waals surface area contributed by atoms with Gasteiger partial charge < -0.3 is 10.6 Å². The van der Waals surface area contributed by atoms with Gasteiger partial charge in [0.2, 0.25) is 5.91 Å². The van der Waals surface area contributed by atoms with Gasteiger partial charge in [-0.15, -0.1) is 0 Å². The van der Waals surface area contributed by atoms with Crippen LogP contribution >= 0.6 is 0 Å². The Balaban J connectivity index is 2.02. The van der Waals surface area contributed by atoms with Crippen LogP contribution in [0.5, 0.6) is 0 Å². The van der Waals surface area contributed by atoms with Crippen molar-refractivity contribution in [2.45, 2.75) is 39.8 Å². The van der Waals surface area contributed by atoms with Crippen LogP contribution < -0.4 is 10.6 Å². The molecule has 0 aliphatic rings. The maximum Gasteiger partial charge on any atom is 0.251 e. The molecule has 1 heterocycles. The molecule has 2 rings (SSSR count). The summed E-state index contributed by atoms with van der Waals surface area (Å²) in [4.78, 5) is 24.9. The molecule has 7 heteroatoms. The van der Waals surface area contributed by atoms with Gasteiger partial charge in [0.05, 0.1) is 5.69 Å². The smallest absolute Gasteiger partial charge is 0.251 e. The molecule has 0 aliphatic heterocycles. The number of aromatic nitrogens is 2. The molecule has 1 atom stereocenters. The van der Waals surface area contributed by atoms with Gasteiger partial charge in [0.1, 0.15) is 11.9 Å². The van der Waals surface area contributed by atoms with Crippen LogP contribution in [0.2, 0.25) is 0 Å². The molecule has 0 saturated carbocycles. The van der Waals surface area contributed by atoms with Crippen molar-refractivity contribution >= 4 is 11.8 Å². The third kappa shape index (κ3) is 4.91. The van der Waals surface area contributed by atoms with Gasteiger partial charge in [-0.2, -0.15) is 5.10 Å². The SMILES string of the molecule is CCc1nn(C)cc1CNC(=O)[C@H](NC(=O)c1ccc(F)cc1)C(C)C. The van der Waals surface area contributed by atoms with E-state index in [0.717, 1.165) is 17.7 Å². The summed E-state index contributed by atoms with van der Waals surface area (Å²) in [5, 5.41) is 9.94. The van der Waals surface area contributed by atoms with Gasteiger partial charge in [-0.3, -0.25) is 14.3 Å². The molecule has 140 valence electrons. The predicted molar refractivity (Wildman–Crippen MR) is 96.9 cm³/mol. The van der Waals surface area contributed by atoms with Gasteiger partial charge >= 0.3 is 0 Å². The van der Waals surface area contributed by atoms with E-state index in [2.05, 4.69) is 15.7 Å². The number of carbonyl (C=O) groups is 2. The van der Waals surface area contributed by atoms with Crippen LogP contribution in [0.25, 0.3) is 0 Å². The Kier molecular flexibility index (Phi) is 6.49. The van der Waals surface area contributed by atoms with Crippen molar-refractivity contribution in [3.05, 3.63) is 53.1 Å². The Morgan fingerprint density at radius 3 is 2.46 bits per heavy atom. The average Bonchev–Trinajstić information content (AvgIpc) is 2.97. The fraction of sp³-hybridized carbons (Fsp3) is 0.421. The zero-order valence-electron chi connectivity index (χ0n) is 15.5. The minimum Gasteiger partial charge on any atom is -0.350 e. The van der Waals surface area contributed by atoms with Crippen LogP contribution in [-0.4, -0.2) is 27.6 Å². The number of aryl methyl sites for hydroxylation is 2. The summed E-state index contributed by atoms with van der Waals surface area (Å²) in [5.74, 6) is -1.18. The summed E-state index contributed by atoms with van der Waals surface area (Å²) >= 11 is 0. The quantitative estimate of drug-likeness (QED) is 0.795. The normalized spacial score (nSPS) is 12.1. The molecule has 0 unspecified atom stereocenters. The Morgan fingerprint density at radius 2 is 1.88 bits per heavy atom. The molecule has 0 fully saturated rings. The molecule has 2 N–H and O–H groups in total. The molecule has 0 radical (unpaired) electrons. The summed E-state index contributed by atoms with van der Waals surface area (Å²) < 4.78 is 14.7. The first-order valence-electron chi connectivity index (χ1n) is 8.67. The Labute approximate surface area is 152 Å². The van der Waals surface area contributed by atoms with Crippen LogP contribution in [0, 0.1) is 11.7 Å². The van der Waals surface area contributed by atoms with Crippen molar-refractivity contribution in [2.75, 3.05) is 0 Å². The number of nitrogens with zero attached hydrogens (tertiary/aromatic N) is 2. The Bertz CT molecular complexity index is 768. The highest BCUT2D eigenvalue weighted by molar-refractivity contribution is 5.97. The summed E-state index contributed by atoms with van der Waals surface area (Å²) in [6.07, 6.45) is 2.65. The van der Waals surface area contributed by atoms with Crippen molar-refractivity contribution in [3.63, 3.8) is 0 Å². The second-order valence-corrected chi connectivity index (χ2v) is 6.55. The van der Waals surface area contributed by atoms with Crippen LogP contribution in [0.4, 0.5) is 4.39 Å². The van der Waals surface area contributed by atoms with Crippen molar-refractivity contribution in [2.24, 2.45) is 13.0 Å². The number of amides is 2. The molecule has 2 amide bonds. The van der Waals surface area contributed by atoms with Crippen molar-refractivity contribution in [3.8, 4) is 0 Å². The molecule has 0 saturated heterocycles. The molecule has 0 aliphatic carbocycles. The van der Waals surface area contributed by atoms with E-state index in [1.807, 2.05) is 34.0 Å². The van der Waals surface area contributed by atoms with Gasteiger partial charge in [0.25, 0.3) is 5.91 Å². The number of benzene rings is 1. The molecule has 0 spiro atoms. The first-order valence-corrected chi connectivity index (χ1v) is 8.67. The Hall–Kier alpha value is -2.70. The molecule has 1 aromatic carbocycles. The molecule has 6 nitrogen and oxygen atoms in total. The third-order valence-electron chi connectivity index (χ3n) is 4.12. The lowest BCUT2D eigenvalue weighted by Crippen LogP contribution is -2.49. The van der Waals surface area contributed by atoms with Gasteiger partial charge in [-0.1, -0.05) is 20.8 Å². The van der Waals surface area contributed by atoms with Crippen molar-refractivity contribution in [1.82, 2.24) is 20.4 Å². The number of rotatable bonds is 7. The van der Waals surface area contributed by atoms with E-state index < -0.39 is 17.8 Å². The van der Waals surface area contributed by atoms with E-state index in [0.29, 0.717) is 12.1 Å². The number of nitrogens with one attached hydrogen (secondary N) is 2. The summed E-state index contributed by atoms with van der Waals surface area (Å²) in [7, 11) is 1.84. The van der Waals surface area contributed by atoms with E-state index in [1.165, 1.54) is 24.3 Å². The lowest BCUT2D eigenvalue weighted by molar-refractivity contribution is -0.124. The monoisotopic (exact) mass is 360 g/mol. The molecule has 1 aromatic heterocycles. The Morgan fingerprint density at radius 1 is 1.23 bits per heavy atom. The first-order chi connectivity index (χ1) is 12.3. The van der Waals surface area contributed by atoms with Crippen LogP contribution in [0.1, 0.15) is 42.4 Å². The fourth-order valence-electron chi connectivity index (χ4n) is 2.68. The minimum atomic E-state index is -0.686. The summed E-state index contributed by atoms with van der Waals surface area (Å²) in [6.45, 7) is 6.08. The number of halogens is 1. The average molecular weight is 360 g/mol. The molecule has 26 heavy (non-hydrogen) atoms. The van der Waals surface area contributed by atoms with E-state index >= 15 is 0 Å². The lowest BCUT2D eigenvalue weighted by Gasteiger charge is -2.21. The minimum absolute atomic E-state index is 0.0982. The second-order valence-electron chi connectivity index (χ2n) is 6.55. The van der Waals surface area contributed by atoms with Crippen LogP contribution in [-0.2, 0) is 24.8 Å². The first kappa shape index (κ1) is 19.6. The highest BCUT2D eigenvalue weighted by atomic mass is 19.1. The maximum absolute atomic E-state index is 13.0. The third-order valence-corrected chi connectivity index (χ3v) is 4.12. The standard InChI is InChI=1S/C19H25FN4O2/c1-5-16-14(11-24(4)23-16)10-21-19(26)17(12(2)3)22-18(25)13-6-8-15(20)9-7-13/h6-9,11-12,17H,5,10H2,1-4H3,(H,21,26)(H,22,25)/t17-/m1/s1. The largest absolute Gasteiger partial charge is 0.350 e. The molecule has 0 bridgehead atoms. The molecular weight excluding hydrogens is 335 g/mol. The van der Waals surface area contributed by atoms with E-state index in [-0.39, 0.29) is 11.8 Å².